The molecule has 26 heavy (non-hydrogen) atoms. The first-order valence-corrected chi connectivity index (χ1v) is 8.09. The van der Waals surface area contributed by atoms with Gasteiger partial charge in [0.25, 0.3) is 0 Å². The third-order valence-electron chi connectivity index (χ3n) is 3.94. The first-order chi connectivity index (χ1) is 12.5. The van der Waals surface area contributed by atoms with Gasteiger partial charge in [-0.3, -0.25) is 0 Å². The van der Waals surface area contributed by atoms with Crippen molar-refractivity contribution in [3.05, 3.63) is 71.2 Å². The van der Waals surface area contributed by atoms with Crippen LogP contribution in [-0.4, -0.2) is 17.7 Å². The maximum absolute atomic E-state index is 13.0. The van der Waals surface area contributed by atoms with Crippen LogP contribution in [0.1, 0.15) is 16.8 Å². The van der Waals surface area contributed by atoms with Gasteiger partial charge in [0.05, 0.1) is 0 Å². The molecule has 0 amide bonds. The van der Waals surface area contributed by atoms with E-state index in [9.17, 15) is 9.18 Å². The summed E-state index contributed by atoms with van der Waals surface area (Å²) in [6, 6.07) is 13.3. The Morgan fingerprint density at radius 1 is 1.12 bits per heavy atom. The van der Waals surface area contributed by atoms with Crippen LogP contribution in [0.5, 0.6) is 5.75 Å². The van der Waals surface area contributed by atoms with E-state index in [2.05, 4.69) is 5.16 Å². The molecule has 0 saturated carbocycles. The lowest BCUT2D eigenvalue weighted by Crippen LogP contribution is -2.15. The Kier molecular flexibility index (Phi) is 5.31. The van der Waals surface area contributed by atoms with E-state index in [1.165, 1.54) is 12.1 Å². The maximum Gasteiger partial charge on any atom is 0.344 e. The van der Waals surface area contributed by atoms with Crippen molar-refractivity contribution >= 4 is 5.97 Å². The van der Waals surface area contributed by atoms with Gasteiger partial charge in [0.1, 0.15) is 23.9 Å². The molecule has 0 bridgehead atoms. The fourth-order valence-corrected chi connectivity index (χ4v) is 2.42. The van der Waals surface area contributed by atoms with Gasteiger partial charge in [-0.1, -0.05) is 23.4 Å². The van der Waals surface area contributed by atoms with Crippen LogP contribution in [0, 0.1) is 19.7 Å². The van der Waals surface area contributed by atoms with Crippen LogP contribution in [0.3, 0.4) is 0 Å². The van der Waals surface area contributed by atoms with Crippen LogP contribution in [0.15, 0.2) is 53.1 Å². The zero-order chi connectivity index (χ0) is 18.5. The van der Waals surface area contributed by atoms with Crippen molar-refractivity contribution < 1.29 is 23.2 Å². The highest BCUT2D eigenvalue weighted by molar-refractivity contribution is 5.71. The molecule has 1 heterocycles. The number of aromatic nitrogens is 1. The van der Waals surface area contributed by atoms with E-state index in [1.54, 1.807) is 18.2 Å². The predicted octanol–water partition coefficient (Wildman–Crippen LogP) is 4.22. The SMILES string of the molecule is Cc1ccccc1OCC(=O)OCc1noc(-c2ccc(F)cc2)c1C. The van der Waals surface area contributed by atoms with Crippen molar-refractivity contribution in [1.82, 2.24) is 5.16 Å². The fraction of sp³-hybridized carbons (Fsp3) is 0.200. The number of carbonyl (C=O) groups is 1. The number of nitrogens with zero attached hydrogens (tertiary/aromatic N) is 1. The summed E-state index contributed by atoms with van der Waals surface area (Å²) >= 11 is 0. The second-order valence-corrected chi connectivity index (χ2v) is 5.81. The van der Waals surface area contributed by atoms with Gasteiger partial charge in [-0.05, 0) is 49.7 Å². The topological polar surface area (TPSA) is 61.6 Å². The summed E-state index contributed by atoms with van der Waals surface area (Å²) in [5, 5.41) is 3.93. The Balaban J connectivity index is 1.57. The van der Waals surface area contributed by atoms with Gasteiger partial charge in [0.15, 0.2) is 12.4 Å². The molecule has 6 heteroatoms. The van der Waals surface area contributed by atoms with Crippen molar-refractivity contribution in [1.29, 1.82) is 0 Å². The summed E-state index contributed by atoms with van der Waals surface area (Å²) in [7, 11) is 0. The summed E-state index contributed by atoms with van der Waals surface area (Å²) in [4.78, 5) is 11.9. The average Bonchev–Trinajstić information content (AvgIpc) is 3.00. The van der Waals surface area contributed by atoms with E-state index >= 15 is 0 Å². The lowest BCUT2D eigenvalue weighted by molar-refractivity contribution is -0.147. The van der Waals surface area contributed by atoms with Gasteiger partial charge in [-0.2, -0.15) is 0 Å². The molecule has 0 aliphatic heterocycles. The molecular formula is C20H18FNO4. The van der Waals surface area contributed by atoms with Crippen LogP contribution in [0.4, 0.5) is 4.39 Å². The number of benzene rings is 2. The van der Waals surface area contributed by atoms with Crippen molar-refractivity contribution in [3.8, 4) is 17.1 Å². The van der Waals surface area contributed by atoms with Gasteiger partial charge in [-0.25, -0.2) is 9.18 Å². The molecule has 0 aliphatic carbocycles. The van der Waals surface area contributed by atoms with E-state index < -0.39 is 5.97 Å². The lowest BCUT2D eigenvalue weighted by atomic mass is 10.1. The molecule has 0 saturated heterocycles. The molecule has 0 unspecified atom stereocenters. The number of halogens is 1. The molecular weight excluding hydrogens is 337 g/mol. The number of rotatable bonds is 6. The van der Waals surface area contributed by atoms with Crippen LogP contribution >= 0.6 is 0 Å². The molecule has 1 aromatic heterocycles. The Morgan fingerprint density at radius 2 is 1.85 bits per heavy atom. The molecule has 0 spiro atoms. The second kappa shape index (κ2) is 7.82. The summed E-state index contributed by atoms with van der Waals surface area (Å²) in [6.45, 7) is 3.50. The Hall–Kier alpha value is -3.15. The third-order valence-corrected chi connectivity index (χ3v) is 3.94. The lowest BCUT2D eigenvalue weighted by Gasteiger charge is -2.08. The van der Waals surface area contributed by atoms with Crippen molar-refractivity contribution in [2.24, 2.45) is 0 Å². The molecule has 134 valence electrons. The summed E-state index contributed by atoms with van der Waals surface area (Å²) in [6.07, 6.45) is 0. The normalized spacial score (nSPS) is 10.6. The Labute approximate surface area is 150 Å². The number of hydrogen-bond acceptors (Lipinski definition) is 5. The second-order valence-electron chi connectivity index (χ2n) is 5.81. The average molecular weight is 355 g/mol. The highest BCUT2D eigenvalue weighted by Gasteiger charge is 2.16. The molecule has 0 radical (unpaired) electrons. The van der Waals surface area contributed by atoms with Crippen molar-refractivity contribution in [3.63, 3.8) is 0 Å². The number of esters is 1. The number of ether oxygens (including phenoxy) is 2. The number of hydrogen-bond donors (Lipinski definition) is 0. The zero-order valence-corrected chi connectivity index (χ0v) is 14.5. The number of carbonyl (C=O) groups excluding carboxylic acids is 1. The highest BCUT2D eigenvalue weighted by Crippen LogP contribution is 2.26. The summed E-state index contributed by atoms with van der Waals surface area (Å²) in [5.41, 5.74) is 2.89. The van der Waals surface area contributed by atoms with E-state index in [1.807, 2.05) is 32.0 Å². The zero-order valence-electron chi connectivity index (χ0n) is 14.5. The van der Waals surface area contributed by atoms with Crippen molar-refractivity contribution in [2.45, 2.75) is 20.5 Å². The van der Waals surface area contributed by atoms with Crippen LogP contribution in [0.2, 0.25) is 0 Å². The quantitative estimate of drug-likeness (QED) is 0.620. The Bertz CT molecular complexity index is 902. The fourth-order valence-electron chi connectivity index (χ4n) is 2.42. The highest BCUT2D eigenvalue weighted by atomic mass is 19.1. The predicted molar refractivity (Wildman–Crippen MR) is 93.1 cm³/mol. The molecule has 0 aliphatic rings. The minimum Gasteiger partial charge on any atom is -0.482 e. The molecule has 3 rings (SSSR count). The first-order valence-electron chi connectivity index (χ1n) is 8.09. The van der Waals surface area contributed by atoms with Crippen LogP contribution in [-0.2, 0) is 16.1 Å². The third kappa shape index (κ3) is 4.08. The number of aryl methyl sites for hydroxylation is 1. The molecule has 5 nitrogen and oxygen atoms in total. The standard InChI is InChI=1S/C20H18FNO4/c1-13-5-3-4-6-18(13)24-12-19(23)25-11-17-14(2)20(26-22-17)15-7-9-16(21)10-8-15/h3-10H,11-12H2,1-2H3. The Morgan fingerprint density at radius 3 is 2.58 bits per heavy atom. The van der Waals surface area contributed by atoms with Gasteiger partial charge in [0.2, 0.25) is 0 Å². The number of para-hydroxylation sites is 1. The van der Waals surface area contributed by atoms with E-state index in [0.717, 1.165) is 11.1 Å². The molecule has 3 aromatic rings. The molecule has 0 atom stereocenters. The summed E-state index contributed by atoms with van der Waals surface area (Å²) < 4.78 is 29.0. The smallest absolute Gasteiger partial charge is 0.344 e. The molecule has 0 N–H and O–H groups in total. The van der Waals surface area contributed by atoms with Crippen LogP contribution in [0.25, 0.3) is 11.3 Å². The maximum atomic E-state index is 13.0. The van der Waals surface area contributed by atoms with E-state index in [-0.39, 0.29) is 19.0 Å². The molecule has 0 fully saturated rings. The van der Waals surface area contributed by atoms with Gasteiger partial charge in [-0.15, -0.1) is 0 Å². The van der Waals surface area contributed by atoms with E-state index in [0.29, 0.717) is 22.8 Å². The largest absolute Gasteiger partial charge is 0.482 e. The van der Waals surface area contributed by atoms with Gasteiger partial charge >= 0.3 is 5.97 Å². The minimum absolute atomic E-state index is 0.0213. The summed E-state index contributed by atoms with van der Waals surface area (Å²) in [5.74, 6) is 0.334. The van der Waals surface area contributed by atoms with E-state index in [4.69, 9.17) is 14.0 Å². The van der Waals surface area contributed by atoms with Gasteiger partial charge in [0, 0.05) is 11.1 Å². The van der Waals surface area contributed by atoms with Crippen molar-refractivity contribution in [2.75, 3.05) is 6.61 Å². The first kappa shape index (κ1) is 17.7. The monoisotopic (exact) mass is 355 g/mol. The van der Waals surface area contributed by atoms with Gasteiger partial charge < -0.3 is 14.0 Å². The molecule has 2 aromatic carbocycles. The van der Waals surface area contributed by atoms with Crippen LogP contribution < -0.4 is 4.74 Å². The minimum atomic E-state index is -0.501.